The molecule has 2 aromatic carbocycles. The lowest BCUT2D eigenvalue weighted by Crippen LogP contribution is -2.49. The Balaban J connectivity index is 1.20. The van der Waals surface area contributed by atoms with E-state index in [1.807, 2.05) is 4.90 Å². The van der Waals surface area contributed by atoms with Crippen LogP contribution < -0.4 is 15.0 Å². The summed E-state index contributed by atoms with van der Waals surface area (Å²) in [5.74, 6) is -2.57. The second kappa shape index (κ2) is 11.0. The number of oxazole rings is 1. The molecule has 0 radical (unpaired) electrons. The fraction of sp³-hybridized carbons (Fsp3) is 0.185. The second-order valence-corrected chi connectivity index (χ2v) is 8.72. The minimum absolute atomic E-state index is 0.160. The number of aromatic nitrogens is 2. The van der Waals surface area contributed by atoms with Crippen LogP contribution in [-0.2, 0) is 6.18 Å². The quantitative estimate of drug-likeness (QED) is 0.326. The molecule has 1 fully saturated rings. The highest BCUT2D eigenvalue weighted by atomic mass is 19.4. The fourth-order valence-corrected chi connectivity index (χ4v) is 3.99. The van der Waals surface area contributed by atoms with Gasteiger partial charge in [-0.15, -0.1) is 0 Å². The van der Waals surface area contributed by atoms with Gasteiger partial charge in [-0.05, 0) is 48.5 Å². The zero-order valence-corrected chi connectivity index (χ0v) is 20.7. The van der Waals surface area contributed by atoms with Gasteiger partial charge in [0.25, 0.3) is 5.91 Å². The predicted octanol–water partition coefficient (Wildman–Crippen LogP) is 5.47. The molecule has 206 valence electrons. The Bertz CT molecular complexity index is 1480. The number of ether oxygens (including phenoxy) is 1. The van der Waals surface area contributed by atoms with Crippen LogP contribution >= 0.6 is 0 Å². The van der Waals surface area contributed by atoms with Gasteiger partial charge in [0, 0.05) is 31.7 Å². The second-order valence-electron chi connectivity index (χ2n) is 8.72. The number of rotatable bonds is 5. The van der Waals surface area contributed by atoms with Crippen LogP contribution in [-0.4, -0.2) is 53.0 Å². The number of nitrogens with one attached hydrogen (secondary N) is 1. The molecule has 0 unspecified atom stereocenters. The van der Waals surface area contributed by atoms with Crippen molar-refractivity contribution in [1.82, 2.24) is 14.9 Å². The zero-order chi connectivity index (χ0) is 28.3. The van der Waals surface area contributed by atoms with Crippen molar-refractivity contribution in [2.75, 3.05) is 36.4 Å². The Hall–Kier alpha value is -4.94. The molecule has 1 aliphatic rings. The summed E-state index contributed by atoms with van der Waals surface area (Å²) in [7, 11) is 0. The first-order chi connectivity index (χ1) is 19.2. The van der Waals surface area contributed by atoms with Gasteiger partial charge in [-0.25, -0.2) is 19.2 Å². The maximum Gasteiger partial charge on any atom is 0.452 e. The number of alkyl halides is 3. The number of pyridine rings is 1. The summed E-state index contributed by atoms with van der Waals surface area (Å²) >= 11 is 0. The standard InChI is InChI=1S/C27H21F4N5O4/c28-18-6-9-20(10-7-18)39-26(38)36-14-12-35(13-15-36)21-11-8-19(16-32-21)33-24(37)22-23(27(29,30)31)40-25(34-22)17-4-2-1-3-5-17/h1-11,16H,12-15H2,(H,33,37). The van der Waals surface area contributed by atoms with E-state index in [1.165, 1.54) is 53.6 Å². The molecule has 0 aliphatic carbocycles. The van der Waals surface area contributed by atoms with Crippen LogP contribution in [0.1, 0.15) is 16.2 Å². The van der Waals surface area contributed by atoms with Gasteiger partial charge in [-0.3, -0.25) is 4.79 Å². The van der Waals surface area contributed by atoms with Crippen LogP contribution in [0.2, 0.25) is 0 Å². The molecule has 0 atom stereocenters. The normalized spacial score (nSPS) is 13.7. The van der Waals surface area contributed by atoms with Gasteiger partial charge in [0.1, 0.15) is 17.4 Å². The van der Waals surface area contributed by atoms with Crippen molar-refractivity contribution in [2.24, 2.45) is 0 Å². The smallest absolute Gasteiger partial charge is 0.431 e. The summed E-state index contributed by atoms with van der Waals surface area (Å²) < 4.78 is 63.9. The maximum atomic E-state index is 13.6. The van der Waals surface area contributed by atoms with Crippen LogP contribution in [0.4, 0.5) is 33.9 Å². The van der Waals surface area contributed by atoms with Crippen LogP contribution in [0.15, 0.2) is 77.3 Å². The highest BCUT2D eigenvalue weighted by Crippen LogP contribution is 2.35. The van der Waals surface area contributed by atoms with Crippen LogP contribution in [0.3, 0.4) is 0 Å². The lowest BCUT2D eigenvalue weighted by molar-refractivity contribution is -0.153. The van der Waals surface area contributed by atoms with E-state index in [0.717, 1.165) is 0 Å². The molecule has 2 aromatic heterocycles. The Morgan fingerprint density at radius 2 is 1.62 bits per heavy atom. The highest BCUT2D eigenvalue weighted by molar-refractivity contribution is 6.04. The summed E-state index contributed by atoms with van der Waals surface area (Å²) in [5, 5.41) is 2.38. The maximum absolute atomic E-state index is 13.6. The molecular formula is C27H21F4N5O4. The minimum Gasteiger partial charge on any atom is -0.431 e. The minimum atomic E-state index is -4.93. The molecule has 13 heteroatoms. The molecular weight excluding hydrogens is 534 g/mol. The van der Waals surface area contributed by atoms with Gasteiger partial charge in [-0.1, -0.05) is 18.2 Å². The molecule has 0 spiro atoms. The molecule has 1 saturated heterocycles. The number of benzene rings is 2. The third-order valence-corrected chi connectivity index (χ3v) is 6.01. The number of carbonyl (C=O) groups is 2. The summed E-state index contributed by atoms with van der Waals surface area (Å²) in [4.78, 5) is 36.6. The molecule has 2 amide bonds. The topological polar surface area (TPSA) is 101 Å². The predicted molar refractivity (Wildman–Crippen MR) is 135 cm³/mol. The van der Waals surface area contributed by atoms with Crippen molar-refractivity contribution in [3.63, 3.8) is 0 Å². The van der Waals surface area contributed by atoms with E-state index in [4.69, 9.17) is 9.15 Å². The lowest BCUT2D eigenvalue weighted by Gasteiger charge is -2.34. The highest BCUT2D eigenvalue weighted by Gasteiger charge is 2.42. The number of hydrogen-bond acceptors (Lipinski definition) is 7. The number of hydrogen-bond donors (Lipinski definition) is 1. The van der Waals surface area contributed by atoms with Crippen molar-refractivity contribution >= 4 is 23.5 Å². The Morgan fingerprint density at radius 1 is 0.925 bits per heavy atom. The third kappa shape index (κ3) is 6.03. The number of halogens is 4. The fourth-order valence-electron chi connectivity index (χ4n) is 3.99. The Morgan fingerprint density at radius 3 is 2.25 bits per heavy atom. The van der Waals surface area contributed by atoms with Crippen molar-refractivity contribution in [2.45, 2.75) is 6.18 Å². The van der Waals surface area contributed by atoms with Crippen LogP contribution in [0.5, 0.6) is 5.75 Å². The average Bonchev–Trinajstić information content (AvgIpc) is 3.42. The monoisotopic (exact) mass is 555 g/mol. The Kier molecular flexibility index (Phi) is 7.36. The first-order valence-corrected chi connectivity index (χ1v) is 12.1. The van der Waals surface area contributed by atoms with Gasteiger partial charge in [-0.2, -0.15) is 13.2 Å². The molecule has 5 rings (SSSR count). The van der Waals surface area contributed by atoms with E-state index >= 15 is 0 Å². The molecule has 1 aliphatic heterocycles. The van der Waals surface area contributed by atoms with E-state index in [-0.39, 0.29) is 17.3 Å². The molecule has 9 nitrogen and oxygen atoms in total. The van der Waals surface area contributed by atoms with Gasteiger partial charge in [0.05, 0.1) is 11.9 Å². The summed E-state index contributed by atoms with van der Waals surface area (Å²) in [6, 6.07) is 16.2. The van der Waals surface area contributed by atoms with E-state index < -0.39 is 35.4 Å². The number of amides is 2. The van der Waals surface area contributed by atoms with Crippen LogP contribution in [0, 0.1) is 5.82 Å². The molecule has 1 N–H and O–H groups in total. The summed E-state index contributed by atoms with van der Waals surface area (Å²) in [6.45, 7) is 1.56. The van der Waals surface area contributed by atoms with Crippen molar-refractivity contribution in [3.8, 4) is 17.2 Å². The molecule has 3 heterocycles. The molecule has 4 aromatic rings. The van der Waals surface area contributed by atoms with E-state index in [9.17, 15) is 27.2 Å². The Labute approximate surface area is 225 Å². The van der Waals surface area contributed by atoms with Gasteiger partial charge in [0.2, 0.25) is 11.7 Å². The van der Waals surface area contributed by atoms with Crippen molar-refractivity contribution in [3.05, 3.63) is 90.2 Å². The largest absolute Gasteiger partial charge is 0.452 e. The lowest BCUT2D eigenvalue weighted by atomic mass is 10.2. The molecule has 0 bridgehead atoms. The number of anilines is 2. The number of piperazine rings is 1. The van der Waals surface area contributed by atoms with Gasteiger partial charge >= 0.3 is 12.3 Å². The van der Waals surface area contributed by atoms with Crippen molar-refractivity contribution < 1.29 is 36.3 Å². The van der Waals surface area contributed by atoms with E-state index in [2.05, 4.69) is 15.3 Å². The number of carbonyl (C=O) groups excluding carboxylic acids is 2. The first-order valence-electron chi connectivity index (χ1n) is 12.1. The first kappa shape index (κ1) is 26.7. The van der Waals surface area contributed by atoms with E-state index in [1.54, 1.807) is 24.3 Å². The molecule has 40 heavy (non-hydrogen) atoms. The van der Waals surface area contributed by atoms with Gasteiger partial charge in [0.15, 0.2) is 5.69 Å². The zero-order valence-electron chi connectivity index (χ0n) is 20.7. The van der Waals surface area contributed by atoms with Gasteiger partial charge < -0.3 is 24.3 Å². The summed E-state index contributed by atoms with van der Waals surface area (Å²) in [6.07, 6.45) is -4.17. The van der Waals surface area contributed by atoms with E-state index in [0.29, 0.717) is 37.6 Å². The van der Waals surface area contributed by atoms with Crippen LogP contribution in [0.25, 0.3) is 11.5 Å². The molecule has 0 saturated carbocycles. The SMILES string of the molecule is O=C(Nc1ccc(N2CCN(C(=O)Oc3ccc(F)cc3)CC2)nc1)c1nc(-c2ccccc2)oc1C(F)(F)F. The number of nitrogens with zero attached hydrogens (tertiary/aromatic N) is 4. The third-order valence-electron chi connectivity index (χ3n) is 6.01. The summed E-state index contributed by atoms with van der Waals surface area (Å²) in [5.41, 5.74) is -0.436. The average molecular weight is 555 g/mol. The van der Waals surface area contributed by atoms with Crippen molar-refractivity contribution in [1.29, 1.82) is 0 Å².